The van der Waals surface area contributed by atoms with Gasteiger partial charge in [-0.15, -0.1) is 0 Å². The van der Waals surface area contributed by atoms with Crippen molar-refractivity contribution in [3.63, 3.8) is 0 Å². The van der Waals surface area contributed by atoms with Crippen LogP contribution in [0.1, 0.15) is 19.8 Å². The van der Waals surface area contributed by atoms with E-state index >= 15 is 0 Å². The zero-order chi connectivity index (χ0) is 9.97. The summed E-state index contributed by atoms with van der Waals surface area (Å²) in [4.78, 5) is 13.6. The second-order valence-electron chi connectivity index (χ2n) is 4.46. The van der Waals surface area contributed by atoms with E-state index in [1.807, 2.05) is 4.90 Å². The number of carbonyl (C=O) groups excluding carboxylic acids is 1. The summed E-state index contributed by atoms with van der Waals surface area (Å²) in [6.07, 6.45) is 2.30. The van der Waals surface area contributed by atoms with Crippen LogP contribution in [0, 0.1) is 5.92 Å². The van der Waals surface area contributed by atoms with Crippen molar-refractivity contribution in [3.8, 4) is 0 Å². The molecule has 0 bridgehead atoms. The molecule has 0 aromatic heterocycles. The molecule has 2 fully saturated rings. The highest BCUT2D eigenvalue weighted by molar-refractivity contribution is 5.74. The summed E-state index contributed by atoms with van der Waals surface area (Å²) in [5.74, 6) is 0.795. The highest BCUT2D eigenvalue weighted by Gasteiger charge is 2.28. The maximum Gasteiger partial charge on any atom is 0.317 e. The van der Waals surface area contributed by atoms with E-state index in [0.29, 0.717) is 6.04 Å². The lowest BCUT2D eigenvalue weighted by molar-refractivity contribution is 0.169. The molecule has 1 aliphatic carbocycles. The first-order valence-electron chi connectivity index (χ1n) is 5.52. The lowest BCUT2D eigenvalue weighted by atomic mass is 9.82. The molecule has 0 unspecified atom stereocenters. The minimum atomic E-state index is 0.128. The molecule has 2 N–H and O–H groups in total. The Morgan fingerprint density at radius 3 is 2.57 bits per heavy atom. The predicted octanol–water partition coefficient (Wildman–Crippen LogP) is 0.400. The largest absolute Gasteiger partial charge is 0.335 e. The van der Waals surface area contributed by atoms with Crippen LogP contribution >= 0.6 is 0 Å². The van der Waals surface area contributed by atoms with Crippen molar-refractivity contribution in [2.45, 2.75) is 25.8 Å². The maximum absolute atomic E-state index is 11.7. The van der Waals surface area contributed by atoms with E-state index in [1.54, 1.807) is 0 Å². The van der Waals surface area contributed by atoms with E-state index < -0.39 is 0 Å². The number of nitrogens with zero attached hydrogens (tertiary/aromatic N) is 1. The van der Waals surface area contributed by atoms with E-state index in [1.165, 1.54) is 0 Å². The number of rotatable bonds is 1. The molecular weight excluding hydrogens is 178 g/mol. The first-order chi connectivity index (χ1) is 6.75. The normalized spacial score (nSPS) is 32.2. The Balaban J connectivity index is 1.71. The number of amides is 2. The first-order valence-corrected chi connectivity index (χ1v) is 5.52. The van der Waals surface area contributed by atoms with Gasteiger partial charge in [-0.05, 0) is 18.8 Å². The van der Waals surface area contributed by atoms with Crippen LogP contribution in [0.5, 0.6) is 0 Å². The van der Waals surface area contributed by atoms with Crippen LogP contribution in [-0.2, 0) is 0 Å². The van der Waals surface area contributed by atoms with E-state index in [0.717, 1.165) is 44.9 Å². The quantitative estimate of drug-likeness (QED) is 0.639. The molecule has 0 aromatic rings. The fraction of sp³-hybridized carbons (Fsp3) is 0.900. The van der Waals surface area contributed by atoms with Crippen LogP contribution in [0.15, 0.2) is 0 Å². The van der Waals surface area contributed by atoms with Gasteiger partial charge >= 0.3 is 6.03 Å². The second-order valence-corrected chi connectivity index (χ2v) is 4.46. The highest BCUT2D eigenvalue weighted by atomic mass is 16.2. The molecule has 1 heterocycles. The molecule has 14 heavy (non-hydrogen) atoms. The van der Waals surface area contributed by atoms with Crippen LogP contribution in [0.4, 0.5) is 4.79 Å². The van der Waals surface area contributed by atoms with Crippen LogP contribution < -0.4 is 10.6 Å². The first kappa shape index (κ1) is 9.77. The van der Waals surface area contributed by atoms with Crippen molar-refractivity contribution < 1.29 is 4.79 Å². The molecule has 1 saturated carbocycles. The van der Waals surface area contributed by atoms with Crippen LogP contribution in [0.2, 0.25) is 0 Å². The standard InChI is InChI=1S/C10H19N3O/c1-8-6-9(7-8)12-10(14)13-4-2-11-3-5-13/h8-9,11H,2-7H2,1H3,(H,12,14). The van der Waals surface area contributed by atoms with Gasteiger partial charge in [-0.25, -0.2) is 4.79 Å². The summed E-state index contributed by atoms with van der Waals surface area (Å²) in [5.41, 5.74) is 0. The summed E-state index contributed by atoms with van der Waals surface area (Å²) in [6, 6.07) is 0.566. The molecule has 2 aliphatic rings. The average Bonchev–Trinajstić information content (AvgIpc) is 2.17. The van der Waals surface area contributed by atoms with Crippen molar-refractivity contribution in [3.05, 3.63) is 0 Å². The van der Waals surface area contributed by atoms with Gasteiger partial charge in [0.1, 0.15) is 0 Å². The van der Waals surface area contributed by atoms with Gasteiger partial charge in [-0.3, -0.25) is 0 Å². The van der Waals surface area contributed by atoms with Gasteiger partial charge in [0.25, 0.3) is 0 Å². The Morgan fingerprint density at radius 1 is 1.36 bits per heavy atom. The van der Waals surface area contributed by atoms with E-state index in [-0.39, 0.29) is 6.03 Å². The Hall–Kier alpha value is -0.770. The van der Waals surface area contributed by atoms with E-state index in [9.17, 15) is 4.79 Å². The van der Waals surface area contributed by atoms with Crippen molar-refractivity contribution in [1.29, 1.82) is 0 Å². The van der Waals surface area contributed by atoms with Gasteiger partial charge in [0.2, 0.25) is 0 Å². The smallest absolute Gasteiger partial charge is 0.317 e. The van der Waals surface area contributed by atoms with Gasteiger partial charge < -0.3 is 15.5 Å². The predicted molar refractivity (Wildman–Crippen MR) is 55.2 cm³/mol. The monoisotopic (exact) mass is 197 g/mol. The van der Waals surface area contributed by atoms with Crippen molar-refractivity contribution in [1.82, 2.24) is 15.5 Å². The third-order valence-electron chi connectivity index (χ3n) is 3.11. The number of hydrogen-bond donors (Lipinski definition) is 2. The summed E-state index contributed by atoms with van der Waals surface area (Å²) < 4.78 is 0. The van der Waals surface area contributed by atoms with Crippen molar-refractivity contribution in [2.75, 3.05) is 26.2 Å². The van der Waals surface area contributed by atoms with E-state index in [2.05, 4.69) is 17.6 Å². The molecule has 2 amide bonds. The number of carbonyl (C=O) groups is 1. The molecular formula is C10H19N3O. The third-order valence-corrected chi connectivity index (χ3v) is 3.11. The molecule has 80 valence electrons. The highest BCUT2D eigenvalue weighted by Crippen LogP contribution is 2.26. The molecule has 4 heteroatoms. The SMILES string of the molecule is CC1CC(NC(=O)N2CCNCC2)C1. The molecule has 1 saturated heterocycles. The molecule has 0 aromatic carbocycles. The fourth-order valence-corrected chi connectivity index (χ4v) is 2.15. The minimum absolute atomic E-state index is 0.128. The molecule has 0 radical (unpaired) electrons. The Morgan fingerprint density at radius 2 is 2.00 bits per heavy atom. The van der Waals surface area contributed by atoms with Crippen LogP contribution in [0.3, 0.4) is 0 Å². The third kappa shape index (κ3) is 2.18. The topological polar surface area (TPSA) is 44.4 Å². The second kappa shape index (κ2) is 4.17. The molecule has 1 aliphatic heterocycles. The summed E-state index contributed by atoms with van der Waals surface area (Å²) >= 11 is 0. The number of hydrogen-bond acceptors (Lipinski definition) is 2. The van der Waals surface area contributed by atoms with Crippen LogP contribution in [0.25, 0.3) is 0 Å². The van der Waals surface area contributed by atoms with Gasteiger partial charge in [0.15, 0.2) is 0 Å². The maximum atomic E-state index is 11.7. The average molecular weight is 197 g/mol. The van der Waals surface area contributed by atoms with Gasteiger partial charge in [0, 0.05) is 32.2 Å². The molecule has 2 rings (SSSR count). The Labute approximate surface area is 85.0 Å². The minimum Gasteiger partial charge on any atom is -0.335 e. The Bertz CT molecular complexity index is 207. The van der Waals surface area contributed by atoms with Crippen LogP contribution in [-0.4, -0.2) is 43.2 Å². The van der Waals surface area contributed by atoms with Gasteiger partial charge in [-0.1, -0.05) is 6.92 Å². The van der Waals surface area contributed by atoms with Gasteiger partial charge in [0.05, 0.1) is 0 Å². The molecule has 0 spiro atoms. The molecule has 0 atom stereocenters. The van der Waals surface area contributed by atoms with Crippen molar-refractivity contribution >= 4 is 6.03 Å². The lowest BCUT2D eigenvalue weighted by Crippen LogP contribution is -2.54. The summed E-state index contributed by atoms with van der Waals surface area (Å²) in [5, 5.41) is 6.31. The zero-order valence-corrected chi connectivity index (χ0v) is 8.75. The fourth-order valence-electron chi connectivity index (χ4n) is 2.15. The Kier molecular flexibility index (Phi) is 2.91. The lowest BCUT2D eigenvalue weighted by Gasteiger charge is -2.36. The number of urea groups is 1. The summed E-state index contributed by atoms with van der Waals surface area (Å²) in [6.45, 7) is 5.76. The number of piperazine rings is 1. The molecule has 4 nitrogen and oxygen atoms in total. The summed E-state index contributed by atoms with van der Waals surface area (Å²) in [7, 11) is 0. The van der Waals surface area contributed by atoms with E-state index in [4.69, 9.17) is 0 Å². The zero-order valence-electron chi connectivity index (χ0n) is 8.75. The van der Waals surface area contributed by atoms with Crippen molar-refractivity contribution in [2.24, 2.45) is 5.92 Å². The number of nitrogens with one attached hydrogen (secondary N) is 2. The van der Waals surface area contributed by atoms with Gasteiger partial charge in [-0.2, -0.15) is 0 Å².